The summed E-state index contributed by atoms with van der Waals surface area (Å²) in [5.41, 5.74) is 6.93. The standard InChI is InChI=1S/C38H52N2O4/c1-21(2)9-10-22-11-13-25-26-18-23-12-14-28-36(7,37(23,8)31(26)39-27(25)17-22)16-15-29-38(28)20-24(38)19-30(42-29)34(3,4)44-33(40-41)32-35(5,6)43-32/h9,11,13,17,23-24,28-30,32-33,39H,10,12,14-16,18-20H2,1-8H3/t23-,24-,28?,29-,30-,32?,33-,36-,37+,38+/m0/s1. The van der Waals surface area contributed by atoms with Crippen LogP contribution >= 0.6 is 0 Å². The number of hydrogen-bond acceptors (Lipinski definition) is 5. The highest BCUT2D eigenvalue weighted by atomic mass is 16.7. The zero-order valence-electron chi connectivity index (χ0n) is 28.1. The Labute approximate surface area is 263 Å². The summed E-state index contributed by atoms with van der Waals surface area (Å²) in [5.74, 6) is 2.04. The van der Waals surface area contributed by atoms with Crippen LogP contribution in [0.25, 0.3) is 10.9 Å². The van der Waals surface area contributed by atoms with Crippen LogP contribution in [0.3, 0.4) is 0 Å². The molecular formula is C38H52N2O4. The Morgan fingerprint density at radius 3 is 2.64 bits per heavy atom. The van der Waals surface area contributed by atoms with E-state index in [2.05, 4.69) is 76.0 Å². The van der Waals surface area contributed by atoms with Crippen molar-refractivity contribution in [3.05, 3.63) is 51.6 Å². The second-order valence-corrected chi connectivity index (χ2v) is 17.3. The van der Waals surface area contributed by atoms with Crippen LogP contribution in [0.4, 0.5) is 0 Å². The number of nitrogens with zero attached hydrogens (tertiary/aromatic N) is 1. The van der Waals surface area contributed by atoms with Crippen molar-refractivity contribution in [3.63, 3.8) is 0 Å². The van der Waals surface area contributed by atoms with Gasteiger partial charge in [-0.2, -0.15) is 0 Å². The summed E-state index contributed by atoms with van der Waals surface area (Å²) in [6.07, 6.45) is 10.9. The number of H-pyrrole nitrogens is 1. The molecule has 6 aliphatic rings. The second kappa shape index (κ2) is 9.29. The largest absolute Gasteiger partial charge is 0.371 e. The van der Waals surface area contributed by atoms with Crippen molar-refractivity contribution in [2.75, 3.05) is 0 Å². The maximum absolute atomic E-state index is 11.8. The summed E-state index contributed by atoms with van der Waals surface area (Å²) >= 11 is 0. The summed E-state index contributed by atoms with van der Waals surface area (Å²) in [7, 11) is 0. The first kappa shape index (κ1) is 29.4. The van der Waals surface area contributed by atoms with E-state index in [9.17, 15) is 4.91 Å². The lowest BCUT2D eigenvalue weighted by Gasteiger charge is -2.64. The monoisotopic (exact) mass is 600 g/mol. The molecule has 10 atom stereocenters. The average molecular weight is 601 g/mol. The summed E-state index contributed by atoms with van der Waals surface area (Å²) in [4.78, 5) is 15.8. The SMILES string of the molecule is CC(C)=CCc1ccc2c3c([nH]c2c1)[C@@]1(C)[C@@H](CCC2[C@@]45C[C@@H]4C[C@@H](C(C)(C)O[C@H](N=O)C4OC4(C)C)O[C@H]5CC[C@@]21C)C3. The van der Waals surface area contributed by atoms with Crippen LogP contribution in [0.1, 0.15) is 111 Å². The number of epoxide rings is 1. The van der Waals surface area contributed by atoms with Gasteiger partial charge in [-0.1, -0.05) is 37.6 Å². The van der Waals surface area contributed by atoms with E-state index in [1.807, 2.05) is 13.8 Å². The van der Waals surface area contributed by atoms with E-state index in [1.54, 1.807) is 5.56 Å². The van der Waals surface area contributed by atoms with Gasteiger partial charge in [-0.15, -0.1) is 4.91 Å². The zero-order valence-corrected chi connectivity index (χ0v) is 28.1. The smallest absolute Gasteiger partial charge is 0.219 e. The molecule has 0 amide bonds. The topological polar surface area (TPSA) is 76.2 Å². The molecule has 2 saturated heterocycles. The number of aromatic nitrogens is 1. The van der Waals surface area contributed by atoms with Gasteiger partial charge in [-0.3, -0.25) is 0 Å². The quantitative estimate of drug-likeness (QED) is 0.196. The first-order valence-electron chi connectivity index (χ1n) is 17.4. The fraction of sp³-hybridized carbons (Fsp3) is 0.737. The molecule has 5 fully saturated rings. The van der Waals surface area contributed by atoms with Gasteiger partial charge in [0, 0.05) is 27.4 Å². The molecule has 1 N–H and O–H groups in total. The highest BCUT2D eigenvalue weighted by Crippen LogP contribution is 2.79. The molecule has 8 rings (SSSR count). The van der Waals surface area contributed by atoms with Gasteiger partial charge in [0.05, 0.1) is 23.4 Å². The first-order chi connectivity index (χ1) is 20.7. The summed E-state index contributed by atoms with van der Waals surface area (Å²) in [6.45, 7) is 17.8. The van der Waals surface area contributed by atoms with Crippen LogP contribution in [-0.4, -0.2) is 40.7 Å². The van der Waals surface area contributed by atoms with Crippen molar-refractivity contribution < 1.29 is 14.2 Å². The van der Waals surface area contributed by atoms with Crippen molar-refractivity contribution in [1.29, 1.82) is 0 Å². The molecule has 3 heterocycles. The maximum Gasteiger partial charge on any atom is 0.219 e. The molecule has 44 heavy (non-hydrogen) atoms. The molecule has 2 unspecified atom stereocenters. The minimum absolute atomic E-state index is 0.0390. The van der Waals surface area contributed by atoms with E-state index in [-0.39, 0.29) is 40.2 Å². The minimum atomic E-state index is -0.796. The number of ether oxygens (including phenoxy) is 3. The lowest BCUT2D eigenvalue weighted by molar-refractivity contribution is -0.235. The molecule has 3 saturated carbocycles. The zero-order chi connectivity index (χ0) is 31.0. The number of allylic oxidation sites excluding steroid dienone is 2. The molecule has 6 heteroatoms. The lowest BCUT2D eigenvalue weighted by Crippen LogP contribution is -2.62. The van der Waals surface area contributed by atoms with Crippen LogP contribution in [0.15, 0.2) is 35.0 Å². The van der Waals surface area contributed by atoms with Gasteiger partial charge in [-0.05, 0) is 138 Å². The van der Waals surface area contributed by atoms with E-state index >= 15 is 0 Å². The van der Waals surface area contributed by atoms with Gasteiger partial charge in [0.1, 0.15) is 6.10 Å². The molecule has 1 spiro atoms. The third kappa shape index (κ3) is 3.89. The number of nitrogens with one attached hydrogen (secondary N) is 1. The Bertz CT molecular complexity index is 1550. The summed E-state index contributed by atoms with van der Waals surface area (Å²) < 4.78 is 19.2. The molecule has 6 nitrogen and oxygen atoms in total. The van der Waals surface area contributed by atoms with E-state index in [1.165, 1.54) is 59.8 Å². The van der Waals surface area contributed by atoms with Crippen LogP contribution < -0.4 is 0 Å². The van der Waals surface area contributed by atoms with Crippen molar-refractivity contribution in [2.45, 2.75) is 148 Å². The van der Waals surface area contributed by atoms with Crippen molar-refractivity contribution in [2.24, 2.45) is 33.8 Å². The van der Waals surface area contributed by atoms with Gasteiger partial charge < -0.3 is 19.2 Å². The fourth-order valence-electron chi connectivity index (χ4n) is 11.3. The minimum Gasteiger partial charge on any atom is -0.371 e. The molecular weight excluding hydrogens is 548 g/mol. The van der Waals surface area contributed by atoms with E-state index in [0.717, 1.165) is 19.3 Å². The van der Waals surface area contributed by atoms with Gasteiger partial charge in [-0.25, -0.2) is 0 Å². The molecule has 1 aromatic heterocycles. The van der Waals surface area contributed by atoms with Crippen molar-refractivity contribution in [1.82, 2.24) is 4.98 Å². The average Bonchev–Trinajstić information content (AvgIpc) is 3.77. The molecule has 238 valence electrons. The Kier molecular flexibility index (Phi) is 6.20. The number of benzene rings is 1. The predicted octanol–water partition coefficient (Wildman–Crippen LogP) is 8.55. The summed E-state index contributed by atoms with van der Waals surface area (Å²) in [5, 5.41) is 4.78. The highest BCUT2D eigenvalue weighted by Gasteiger charge is 2.76. The maximum atomic E-state index is 11.8. The Morgan fingerprint density at radius 2 is 1.93 bits per heavy atom. The van der Waals surface area contributed by atoms with Gasteiger partial charge in [0.15, 0.2) is 0 Å². The molecule has 4 aliphatic carbocycles. The van der Waals surface area contributed by atoms with E-state index in [0.29, 0.717) is 17.8 Å². The number of aromatic amines is 1. The third-order valence-electron chi connectivity index (χ3n) is 14.1. The first-order valence-corrected chi connectivity index (χ1v) is 17.4. The van der Waals surface area contributed by atoms with Crippen LogP contribution in [0.2, 0.25) is 0 Å². The van der Waals surface area contributed by atoms with Gasteiger partial charge >= 0.3 is 0 Å². The number of nitroso groups, excluding NO2 is 1. The Hall–Kier alpha value is -2.02. The number of fused-ring (bicyclic) bond motifs is 7. The highest BCUT2D eigenvalue weighted by molar-refractivity contribution is 5.87. The lowest BCUT2D eigenvalue weighted by atomic mass is 9.42. The third-order valence-corrected chi connectivity index (χ3v) is 14.1. The molecule has 2 aromatic rings. The van der Waals surface area contributed by atoms with Gasteiger partial charge in [0.2, 0.25) is 6.23 Å². The van der Waals surface area contributed by atoms with Crippen LogP contribution in [0.5, 0.6) is 0 Å². The Balaban J connectivity index is 1.06. The van der Waals surface area contributed by atoms with Gasteiger partial charge in [0.25, 0.3) is 0 Å². The predicted molar refractivity (Wildman–Crippen MR) is 174 cm³/mol. The fourth-order valence-corrected chi connectivity index (χ4v) is 11.3. The number of hydrogen-bond donors (Lipinski definition) is 1. The number of rotatable bonds is 7. The normalized spacial score (nSPS) is 41.9. The van der Waals surface area contributed by atoms with Crippen molar-refractivity contribution in [3.8, 4) is 0 Å². The second-order valence-electron chi connectivity index (χ2n) is 17.3. The van der Waals surface area contributed by atoms with Crippen LogP contribution in [0, 0.1) is 33.5 Å². The van der Waals surface area contributed by atoms with Crippen molar-refractivity contribution >= 4 is 10.9 Å². The molecule has 0 bridgehead atoms. The van der Waals surface area contributed by atoms with E-state index < -0.39 is 11.8 Å². The van der Waals surface area contributed by atoms with Crippen LogP contribution in [-0.2, 0) is 32.5 Å². The Morgan fingerprint density at radius 1 is 1.16 bits per heavy atom. The van der Waals surface area contributed by atoms with E-state index in [4.69, 9.17) is 14.2 Å². The molecule has 2 aliphatic heterocycles. The summed E-state index contributed by atoms with van der Waals surface area (Å²) in [6, 6.07) is 7.14. The molecule has 0 radical (unpaired) electrons. The molecule has 1 aromatic carbocycles.